The lowest BCUT2D eigenvalue weighted by molar-refractivity contribution is 0.586. The summed E-state index contributed by atoms with van der Waals surface area (Å²) in [4.78, 5) is 7.81. The monoisotopic (exact) mass is 268 g/mol. The molecule has 0 unspecified atom stereocenters. The summed E-state index contributed by atoms with van der Waals surface area (Å²) in [5.74, 6) is 0. The molecule has 0 aliphatic carbocycles. The molecule has 0 aromatic carbocycles. The highest BCUT2D eigenvalue weighted by atomic mass is 127. The second-order valence-corrected chi connectivity index (χ2v) is 3.18. The van der Waals surface area contributed by atoms with Crippen LogP contribution < -0.4 is 4.18 Å². The Balaban J connectivity index is 2.69. The van der Waals surface area contributed by atoms with Crippen molar-refractivity contribution >= 4 is 34.6 Å². The number of nitrogens with zero attached hydrogens (tertiary/aromatic N) is 2. The largest absolute Gasteiger partial charge is 0.389 e. The molecule has 0 fully saturated rings. The number of aromatic nitrogens is 2. The molecule has 54 valence electrons. The predicted octanol–water partition coefficient (Wildman–Crippen LogP) is 1.74. The van der Waals surface area contributed by atoms with Crippen LogP contribution in [-0.4, -0.2) is 16.2 Å². The Kier molecular flexibility index (Phi) is 3.20. The van der Waals surface area contributed by atoms with Gasteiger partial charge in [-0.05, 0) is 22.6 Å². The molecule has 1 aromatic rings. The second kappa shape index (κ2) is 3.97. The third-order valence-electron chi connectivity index (χ3n) is 0.755. The Morgan fingerprint density at radius 2 is 2.10 bits per heavy atom. The van der Waals surface area contributed by atoms with E-state index in [2.05, 4.69) is 32.6 Å². The second-order valence-electron chi connectivity index (χ2n) is 1.43. The Morgan fingerprint density at radius 1 is 1.50 bits per heavy atom. The molecular weight excluding hydrogens is 263 g/mol. The minimum atomic E-state index is 0.410. The summed E-state index contributed by atoms with van der Waals surface area (Å²) in [6.45, 7) is 0. The molecule has 0 saturated heterocycles. The average molecular weight is 268 g/mol. The van der Waals surface area contributed by atoms with Crippen LogP contribution in [0.5, 0.6) is 6.01 Å². The number of hydrogen-bond acceptors (Lipinski definition) is 4. The van der Waals surface area contributed by atoms with Crippen molar-refractivity contribution in [1.29, 1.82) is 0 Å². The van der Waals surface area contributed by atoms with Gasteiger partial charge < -0.3 is 4.18 Å². The van der Waals surface area contributed by atoms with Gasteiger partial charge in [0.1, 0.15) is 0 Å². The maximum Gasteiger partial charge on any atom is 0.328 e. The van der Waals surface area contributed by atoms with E-state index >= 15 is 0 Å². The van der Waals surface area contributed by atoms with Gasteiger partial charge in [0.25, 0.3) is 0 Å². The van der Waals surface area contributed by atoms with Crippen LogP contribution in [0, 0.1) is 3.57 Å². The molecule has 0 aliphatic heterocycles. The third-order valence-corrected chi connectivity index (χ3v) is 1.63. The van der Waals surface area contributed by atoms with Gasteiger partial charge in [0.2, 0.25) is 0 Å². The first kappa shape index (κ1) is 8.06. The fraction of sp³-hybridized carbons (Fsp3) is 0.200. The van der Waals surface area contributed by atoms with E-state index < -0.39 is 0 Å². The fourth-order valence-corrected chi connectivity index (χ4v) is 0.932. The van der Waals surface area contributed by atoms with Crippen molar-refractivity contribution in [1.82, 2.24) is 9.97 Å². The molecule has 0 saturated carbocycles. The van der Waals surface area contributed by atoms with Gasteiger partial charge >= 0.3 is 6.01 Å². The van der Waals surface area contributed by atoms with Gasteiger partial charge in [-0.3, -0.25) is 0 Å². The van der Waals surface area contributed by atoms with Gasteiger partial charge in [-0.1, -0.05) is 0 Å². The zero-order valence-electron chi connectivity index (χ0n) is 5.24. The van der Waals surface area contributed by atoms with Crippen LogP contribution in [0.3, 0.4) is 0 Å². The molecule has 10 heavy (non-hydrogen) atoms. The van der Waals surface area contributed by atoms with E-state index in [1.807, 2.05) is 6.26 Å². The molecule has 3 nitrogen and oxygen atoms in total. The van der Waals surface area contributed by atoms with Crippen LogP contribution in [0.1, 0.15) is 0 Å². The highest BCUT2D eigenvalue weighted by Gasteiger charge is 1.93. The maximum atomic E-state index is 4.95. The molecule has 5 heteroatoms. The number of rotatable bonds is 2. The Labute approximate surface area is 76.9 Å². The summed E-state index contributed by atoms with van der Waals surface area (Å²) in [6, 6.07) is 0.410. The zero-order chi connectivity index (χ0) is 7.40. The summed E-state index contributed by atoms with van der Waals surface area (Å²) < 4.78 is 5.96. The number of halogens is 1. The van der Waals surface area contributed by atoms with Crippen LogP contribution in [-0.2, 0) is 0 Å². The molecule has 0 bridgehead atoms. The Bertz CT molecular complexity index is 203. The standard InChI is InChI=1S/C5H5IN2OS/c1-10-9-5-7-2-4(6)3-8-5/h2-3H,1H3. The minimum Gasteiger partial charge on any atom is -0.389 e. The molecule has 1 aromatic heterocycles. The average Bonchev–Trinajstić information content (AvgIpc) is 1.95. The summed E-state index contributed by atoms with van der Waals surface area (Å²) in [7, 11) is 0. The quantitative estimate of drug-likeness (QED) is 0.604. The maximum absolute atomic E-state index is 4.95. The lowest BCUT2D eigenvalue weighted by Gasteiger charge is -1.95. The number of hydrogen-bond donors (Lipinski definition) is 0. The van der Waals surface area contributed by atoms with E-state index in [1.54, 1.807) is 12.4 Å². The van der Waals surface area contributed by atoms with Gasteiger partial charge in [-0.15, -0.1) is 0 Å². The molecule has 0 amide bonds. The van der Waals surface area contributed by atoms with Crippen molar-refractivity contribution < 1.29 is 4.18 Å². The van der Waals surface area contributed by atoms with Crippen molar-refractivity contribution in [3.05, 3.63) is 16.0 Å². The molecular formula is C5H5IN2OS. The molecule has 0 spiro atoms. The van der Waals surface area contributed by atoms with E-state index in [9.17, 15) is 0 Å². The molecule has 1 heterocycles. The van der Waals surface area contributed by atoms with Crippen LogP contribution in [0.2, 0.25) is 0 Å². The van der Waals surface area contributed by atoms with Crippen LogP contribution >= 0.6 is 34.6 Å². The molecule has 0 radical (unpaired) electrons. The lowest BCUT2D eigenvalue weighted by Crippen LogP contribution is -1.88. The molecule has 0 atom stereocenters. The summed E-state index contributed by atoms with van der Waals surface area (Å²) >= 11 is 3.37. The van der Waals surface area contributed by atoms with Crippen molar-refractivity contribution in [3.63, 3.8) is 0 Å². The first-order chi connectivity index (χ1) is 4.83. The van der Waals surface area contributed by atoms with Gasteiger partial charge in [0.05, 0.1) is 12.0 Å². The third kappa shape index (κ3) is 2.30. The molecule has 1 rings (SSSR count). The van der Waals surface area contributed by atoms with E-state index in [4.69, 9.17) is 4.18 Å². The van der Waals surface area contributed by atoms with E-state index in [-0.39, 0.29) is 0 Å². The van der Waals surface area contributed by atoms with Crippen molar-refractivity contribution in [2.45, 2.75) is 0 Å². The van der Waals surface area contributed by atoms with E-state index in [0.29, 0.717) is 6.01 Å². The van der Waals surface area contributed by atoms with Gasteiger partial charge in [0.15, 0.2) is 0 Å². The first-order valence-electron chi connectivity index (χ1n) is 2.51. The molecule has 0 N–H and O–H groups in total. The van der Waals surface area contributed by atoms with Crippen LogP contribution in [0.25, 0.3) is 0 Å². The van der Waals surface area contributed by atoms with Gasteiger partial charge in [-0.25, -0.2) is 9.97 Å². The SMILES string of the molecule is CSOc1ncc(I)cn1. The lowest BCUT2D eigenvalue weighted by atomic mass is 10.7. The van der Waals surface area contributed by atoms with Crippen molar-refractivity contribution in [2.24, 2.45) is 0 Å². The van der Waals surface area contributed by atoms with Gasteiger partial charge in [0, 0.05) is 22.2 Å². The topological polar surface area (TPSA) is 35.0 Å². The van der Waals surface area contributed by atoms with Crippen LogP contribution in [0.4, 0.5) is 0 Å². The van der Waals surface area contributed by atoms with E-state index in [0.717, 1.165) is 3.57 Å². The smallest absolute Gasteiger partial charge is 0.328 e. The Morgan fingerprint density at radius 3 is 2.60 bits per heavy atom. The highest BCUT2D eigenvalue weighted by molar-refractivity contribution is 14.1. The zero-order valence-corrected chi connectivity index (χ0v) is 8.22. The van der Waals surface area contributed by atoms with E-state index in [1.165, 1.54) is 12.0 Å². The normalized spacial score (nSPS) is 9.40. The molecule has 0 aliphatic rings. The summed E-state index contributed by atoms with van der Waals surface area (Å²) in [5, 5.41) is 0. The van der Waals surface area contributed by atoms with Crippen molar-refractivity contribution in [2.75, 3.05) is 6.26 Å². The van der Waals surface area contributed by atoms with Crippen LogP contribution in [0.15, 0.2) is 12.4 Å². The fourth-order valence-electron chi connectivity index (χ4n) is 0.418. The van der Waals surface area contributed by atoms with Crippen molar-refractivity contribution in [3.8, 4) is 6.01 Å². The summed E-state index contributed by atoms with van der Waals surface area (Å²) in [5.41, 5.74) is 0. The summed E-state index contributed by atoms with van der Waals surface area (Å²) in [6.07, 6.45) is 5.24. The Hall–Kier alpha value is -0.0400. The first-order valence-corrected chi connectivity index (χ1v) is 4.74. The minimum absolute atomic E-state index is 0.410. The van der Waals surface area contributed by atoms with Gasteiger partial charge in [-0.2, -0.15) is 0 Å². The predicted molar refractivity (Wildman–Crippen MR) is 48.9 cm³/mol. The highest BCUT2D eigenvalue weighted by Crippen LogP contribution is 2.07.